The predicted molar refractivity (Wildman–Crippen MR) is 107 cm³/mol. The molecule has 3 atom stereocenters. The summed E-state index contributed by atoms with van der Waals surface area (Å²) in [5, 5.41) is 0.150. The van der Waals surface area contributed by atoms with E-state index in [0.29, 0.717) is 19.6 Å². The van der Waals surface area contributed by atoms with Gasteiger partial charge < -0.3 is 14.0 Å². The molecule has 0 heterocycles. The highest BCUT2D eigenvalue weighted by Crippen LogP contribution is 2.39. The third-order valence-corrected chi connectivity index (χ3v) is 9.79. The summed E-state index contributed by atoms with van der Waals surface area (Å²) in [4.78, 5) is 11.0. The van der Waals surface area contributed by atoms with Crippen LogP contribution < -0.4 is 0 Å². The zero-order chi connectivity index (χ0) is 19.1. The van der Waals surface area contributed by atoms with E-state index in [2.05, 4.69) is 59.8 Å². The van der Waals surface area contributed by atoms with E-state index in [-0.39, 0.29) is 23.0 Å². The highest BCUT2D eigenvalue weighted by atomic mass is 28.4. The molecule has 0 aliphatic carbocycles. The highest BCUT2D eigenvalue weighted by Gasteiger charge is 2.41. The van der Waals surface area contributed by atoms with Crippen molar-refractivity contribution in [3.63, 3.8) is 0 Å². The van der Waals surface area contributed by atoms with Gasteiger partial charge in [-0.15, -0.1) is 0 Å². The summed E-state index contributed by atoms with van der Waals surface area (Å²) in [6.45, 7) is 16.8. The molecule has 0 spiro atoms. The average Bonchev–Trinajstić information content (AvgIpc) is 2.52. The first-order valence-electron chi connectivity index (χ1n) is 9.31. The van der Waals surface area contributed by atoms with Crippen molar-refractivity contribution in [3.8, 4) is 0 Å². The number of carbonyl (C=O) groups excluding carboxylic acids is 1. The lowest BCUT2D eigenvalue weighted by Crippen LogP contribution is -2.48. The number of hydrogen-bond acceptors (Lipinski definition) is 3. The largest absolute Gasteiger partial charge is 0.413 e. The van der Waals surface area contributed by atoms with Crippen LogP contribution in [0.2, 0.25) is 18.1 Å². The van der Waals surface area contributed by atoms with Crippen LogP contribution in [-0.2, 0) is 20.6 Å². The minimum absolute atomic E-state index is 0.0434. The highest BCUT2D eigenvalue weighted by molar-refractivity contribution is 6.74. The van der Waals surface area contributed by atoms with E-state index in [1.165, 1.54) is 5.56 Å². The van der Waals surface area contributed by atoms with Gasteiger partial charge in [-0.3, -0.25) is 0 Å². The maximum atomic E-state index is 11.0. The normalized spacial score (nSPS) is 16.3. The Hall–Kier alpha value is -0.973. The first-order chi connectivity index (χ1) is 11.6. The molecule has 4 heteroatoms. The van der Waals surface area contributed by atoms with Crippen molar-refractivity contribution in [2.75, 3.05) is 6.61 Å². The molecule has 3 nitrogen and oxygen atoms in total. The van der Waals surface area contributed by atoms with E-state index in [1.54, 1.807) is 0 Å². The summed E-state index contributed by atoms with van der Waals surface area (Å²) < 4.78 is 12.6. The summed E-state index contributed by atoms with van der Waals surface area (Å²) >= 11 is 0. The quantitative estimate of drug-likeness (QED) is 0.409. The van der Waals surface area contributed by atoms with Gasteiger partial charge in [0.15, 0.2) is 8.32 Å². The molecule has 0 aliphatic heterocycles. The van der Waals surface area contributed by atoms with Crippen LogP contribution in [0.1, 0.15) is 46.6 Å². The van der Waals surface area contributed by atoms with Crippen molar-refractivity contribution in [2.45, 2.75) is 71.9 Å². The van der Waals surface area contributed by atoms with E-state index in [4.69, 9.17) is 9.16 Å². The van der Waals surface area contributed by atoms with E-state index >= 15 is 0 Å². The second-order valence-corrected chi connectivity index (χ2v) is 13.5. The van der Waals surface area contributed by atoms with Gasteiger partial charge in [-0.1, -0.05) is 65.0 Å². The van der Waals surface area contributed by atoms with Gasteiger partial charge in [-0.05, 0) is 29.6 Å². The molecule has 0 aliphatic rings. The van der Waals surface area contributed by atoms with Crippen LogP contribution in [0.4, 0.5) is 0 Å². The van der Waals surface area contributed by atoms with Crippen LogP contribution in [0.5, 0.6) is 0 Å². The van der Waals surface area contributed by atoms with E-state index in [1.807, 2.05) is 18.2 Å². The summed E-state index contributed by atoms with van der Waals surface area (Å²) in [5.74, 6) is 0.440. The number of benzene rings is 1. The summed E-state index contributed by atoms with van der Waals surface area (Å²) in [7, 11) is -1.90. The van der Waals surface area contributed by atoms with Gasteiger partial charge in [0.2, 0.25) is 0 Å². The maximum Gasteiger partial charge on any atom is 0.192 e. The first kappa shape index (κ1) is 22.1. The van der Waals surface area contributed by atoms with E-state index in [0.717, 1.165) is 6.29 Å². The third-order valence-electron chi connectivity index (χ3n) is 5.32. The van der Waals surface area contributed by atoms with Crippen LogP contribution in [0, 0.1) is 11.8 Å². The molecule has 0 unspecified atom stereocenters. The van der Waals surface area contributed by atoms with Crippen LogP contribution >= 0.6 is 0 Å². The smallest absolute Gasteiger partial charge is 0.192 e. The van der Waals surface area contributed by atoms with Gasteiger partial charge in [0, 0.05) is 12.3 Å². The fourth-order valence-corrected chi connectivity index (χ4v) is 4.13. The number of rotatable bonds is 10. The van der Waals surface area contributed by atoms with Crippen molar-refractivity contribution in [1.29, 1.82) is 0 Å². The summed E-state index contributed by atoms with van der Waals surface area (Å²) in [6.07, 6.45) is 1.58. The monoisotopic (exact) mass is 364 g/mol. The van der Waals surface area contributed by atoms with Crippen molar-refractivity contribution in [3.05, 3.63) is 35.9 Å². The molecule has 0 N–H and O–H groups in total. The summed E-state index contributed by atoms with van der Waals surface area (Å²) in [6, 6.07) is 10.2. The van der Waals surface area contributed by atoms with Crippen LogP contribution in [0.15, 0.2) is 30.3 Å². The fourth-order valence-electron chi connectivity index (χ4n) is 2.63. The van der Waals surface area contributed by atoms with Gasteiger partial charge in [-0.25, -0.2) is 0 Å². The maximum absolute atomic E-state index is 11.0. The molecule has 25 heavy (non-hydrogen) atoms. The second-order valence-electron chi connectivity index (χ2n) is 8.70. The number of carbonyl (C=O) groups is 1. The molecule has 0 saturated heterocycles. The number of aldehydes is 1. The Labute approximate surface area is 155 Å². The Kier molecular flexibility index (Phi) is 8.52. The molecule has 0 fully saturated rings. The van der Waals surface area contributed by atoms with Gasteiger partial charge in [0.05, 0.1) is 19.3 Å². The fraction of sp³-hybridized carbons (Fsp3) is 0.667. The average molecular weight is 365 g/mol. The topological polar surface area (TPSA) is 35.5 Å². The van der Waals surface area contributed by atoms with Gasteiger partial charge in [0.25, 0.3) is 0 Å². The van der Waals surface area contributed by atoms with Gasteiger partial charge in [0.1, 0.15) is 6.29 Å². The first-order valence-corrected chi connectivity index (χ1v) is 12.2. The molecule has 1 aromatic rings. The van der Waals surface area contributed by atoms with Gasteiger partial charge >= 0.3 is 0 Å². The van der Waals surface area contributed by atoms with Crippen molar-refractivity contribution < 1.29 is 14.0 Å². The Bertz CT molecular complexity index is 508. The van der Waals surface area contributed by atoms with E-state index in [9.17, 15) is 4.79 Å². The second kappa shape index (κ2) is 9.65. The molecular formula is C21H36O3Si. The number of hydrogen-bond donors (Lipinski definition) is 0. The molecule has 0 saturated carbocycles. The zero-order valence-electron chi connectivity index (χ0n) is 17.0. The Balaban J connectivity index is 2.72. The lowest BCUT2D eigenvalue weighted by atomic mass is 9.92. The third kappa shape index (κ3) is 7.04. The Morgan fingerprint density at radius 2 is 1.68 bits per heavy atom. The van der Waals surface area contributed by atoms with Gasteiger partial charge in [-0.2, -0.15) is 0 Å². The zero-order valence-corrected chi connectivity index (χ0v) is 18.0. The van der Waals surface area contributed by atoms with Crippen LogP contribution in [-0.4, -0.2) is 27.3 Å². The molecule has 0 radical (unpaired) electrons. The van der Waals surface area contributed by atoms with Crippen molar-refractivity contribution in [1.82, 2.24) is 0 Å². The Morgan fingerprint density at radius 1 is 1.08 bits per heavy atom. The molecule has 0 aromatic heterocycles. The standard InChI is InChI=1S/C21H36O3Si/c1-17(13-14-22)20(24-25(6,7)21(3,4)5)18(2)15-23-16-19-11-9-8-10-12-19/h8-12,14,17-18,20H,13,15-16H2,1-7H3/t17-,18-,20+/m0/s1. The molecule has 1 rings (SSSR count). The van der Waals surface area contributed by atoms with Crippen molar-refractivity contribution >= 4 is 14.6 Å². The van der Waals surface area contributed by atoms with Crippen LogP contribution in [0.25, 0.3) is 0 Å². The SMILES string of the molecule is C[C@@H](CC=O)[C@@H](O[Si](C)(C)C(C)(C)C)[C@@H](C)COCc1ccccc1. The Morgan fingerprint density at radius 3 is 2.20 bits per heavy atom. The number of ether oxygens (including phenoxy) is 1. The molecule has 1 aromatic carbocycles. The lowest BCUT2D eigenvalue weighted by Gasteiger charge is -2.42. The minimum Gasteiger partial charge on any atom is -0.413 e. The van der Waals surface area contributed by atoms with Crippen LogP contribution in [0.3, 0.4) is 0 Å². The van der Waals surface area contributed by atoms with E-state index < -0.39 is 8.32 Å². The van der Waals surface area contributed by atoms with Crippen molar-refractivity contribution in [2.24, 2.45) is 11.8 Å². The predicted octanol–water partition coefficient (Wildman–Crippen LogP) is 5.45. The lowest BCUT2D eigenvalue weighted by molar-refractivity contribution is -0.109. The minimum atomic E-state index is -1.90. The molecule has 0 amide bonds. The molecule has 0 bridgehead atoms. The molecule has 142 valence electrons. The summed E-state index contributed by atoms with van der Waals surface area (Å²) in [5.41, 5.74) is 1.18. The molecular weight excluding hydrogens is 328 g/mol.